The fraction of sp³-hybridized carbons (Fsp3) is 0.680. The van der Waals surface area contributed by atoms with Gasteiger partial charge < -0.3 is 25.0 Å². The highest BCUT2D eigenvalue weighted by Crippen LogP contribution is 2.26. The van der Waals surface area contributed by atoms with Crippen molar-refractivity contribution in [1.29, 1.82) is 0 Å². The zero-order valence-corrected chi connectivity index (χ0v) is 20.7. The number of benzene rings is 1. The first-order valence-corrected chi connectivity index (χ1v) is 12.5. The average Bonchev–Trinajstić information content (AvgIpc) is 2.79. The highest BCUT2D eigenvalue weighted by atomic mass is 16.6. The Bertz CT molecular complexity index is 857. The minimum atomic E-state index is -0.760. The van der Waals surface area contributed by atoms with Crippen LogP contribution in [0.1, 0.15) is 40.0 Å². The number of ether oxygens (including phenoxy) is 1. The Morgan fingerprint density at radius 3 is 2.35 bits per heavy atom. The summed E-state index contributed by atoms with van der Waals surface area (Å²) in [5.74, 6) is 0.613. The van der Waals surface area contributed by atoms with Crippen LogP contribution in [0, 0.1) is 5.92 Å². The van der Waals surface area contributed by atoms with Gasteiger partial charge in [0.05, 0.1) is 0 Å². The summed E-state index contributed by atoms with van der Waals surface area (Å²) in [6.07, 6.45) is 1.61. The lowest BCUT2D eigenvalue weighted by atomic mass is 9.96. The molecule has 0 aliphatic carbocycles. The van der Waals surface area contributed by atoms with E-state index in [1.165, 1.54) is 0 Å². The quantitative estimate of drug-likeness (QED) is 0.699. The molecule has 1 unspecified atom stereocenters. The van der Waals surface area contributed by atoms with Gasteiger partial charge in [0.25, 0.3) is 0 Å². The molecular weight excluding hydrogens is 434 g/mol. The number of rotatable bonds is 4. The molecule has 3 aliphatic rings. The molecule has 0 bridgehead atoms. The Morgan fingerprint density at radius 1 is 1.03 bits per heavy atom. The number of nitrogens with one attached hydrogen (secondary N) is 1. The fourth-order valence-electron chi connectivity index (χ4n) is 4.93. The third-order valence-electron chi connectivity index (χ3n) is 6.82. The van der Waals surface area contributed by atoms with Crippen LogP contribution in [0.15, 0.2) is 24.3 Å². The summed E-state index contributed by atoms with van der Waals surface area (Å²) >= 11 is 0. The molecule has 3 saturated heterocycles. The van der Waals surface area contributed by atoms with E-state index in [1.54, 1.807) is 4.90 Å². The van der Waals surface area contributed by atoms with E-state index < -0.39 is 11.8 Å². The van der Waals surface area contributed by atoms with E-state index in [4.69, 9.17) is 4.74 Å². The van der Waals surface area contributed by atoms with Gasteiger partial charge in [-0.3, -0.25) is 9.80 Å². The maximum absolute atomic E-state index is 12.3. The Balaban J connectivity index is 1.23. The topological polar surface area (TPSA) is 88.6 Å². The van der Waals surface area contributed by atoms with Crippen molar-refractivity contribution in [2.45, 2.75) is 51.9 Å². The maximum Gasteiger partial charge on any atom is 0.410 e. The van der Waals surface area contributed by atoms with Crippen molar-refractivity contribution in [3.63, 3.8) is 0 Å². The van der Waals surface area contributed by atoms with E-state index in [0.29, 0.717) is 18.9 Å². The van der Waals surface area contributed by atoms with Gasteiger partial charge in [0.15, 0.2) is 0 Å². The molecule has 2 N–H and O–H groups in total. The van der Waals surface area contributed by atoms with Crippen molar-refractivity contribution >= 4 is 23.5 Å². The molecule has 3 heterocycles. The van der Waals surface area contributed by atoms with Crippen molar-refractivity contribution in [3.05, 3.63) is 24.3 Å². The number of carbonyl (C=O) groups excluding carboxylic acids is 2. The number of carbonyl (C=O) groups is 2. The van der Waals surface area contributed by atoms with Crippen LogP contribution in [-0.2, 0) is 4.74 Å². The van der Waals surface area contributed by atoms with Gasteiger partial charge in [-0.05, 0) is 57.7 Å². The summed E-state index contributed by atoms with van der Waals surface area (Å²) < 4.78 is 5.51. The number of piperidine rings is 1. The monoisotopic (exact) mass is 473 g/mol. The van der Waals surface area contributed by atoms with Crippen LogP contribution in [0.4, 0.5) is 21.0 Å². The van der Waals surface area contributed by atoms with Crippen LogP contribution in [0.3, 0.4) is 0 Å². The van der Waals surface area contributed by atoms with E-state index in [9.17, 15) is 14.7 Å². The summed E-state index contributed by atoms with van der Waals surface area (Å²) in [6, 6.07) is 7.86. The number of aliphatic hydroxyl groups is 1. The largest absolute Gasteiger partial charge is 0.444 e. The summed E-state index contributed by atoms with van der Waals surface area (Å²) in [6.45, 7) is 12.8. The first-order valence-electron chi connectivity index (χ1n) is 12.5. The van der Waals surface area contributed by atoms with Gasteiger partial charge in [0.2, 0.25) is 0 Å². The van der Waals surface area contributed by atoms with Crippen LogP contribution < -0.4 is 15.1 Å². The number of nitrogens with zero attached hydrogens (tertiary/aromatic N) is 4. The number of hydrogen-bond acceptors (Lipinski definition) is 6. The summed E-state index contributed by atoms with van der Waals surface area (Å²) in [7, 11) is 0. The summed E-state index contributed by atoms with van der Waals surface area (Å²) in [4.78, 5) is 33.0. The Hall–Kier alpha value is -2.52. The lowest BCUT2D eigenvalue weighted by Gasteiger charge is -2.40. The van der Waals surface area contributed by atoms with Crippen LogP contribution in [0.25, 0.3) is 0 Å². The second-order valence-corrected chi connectivity index (χ2v) is 10.6. The number of anilines is 2. The average molecular weight is 474 g/mol. The van der Waals surface area contributed by atoms with E-state index >= 15 is 0 Å². The van der Waals surface area contributed by atoms with Gasteiger partial charge >= 0.3 is 12.1 Å². The van der Waals surface area contributed by atoms with Crippen molar-refractivity contribution in [3.8, 4) is 0 Å². The van der Waals surface area contributed by atoms with Crippen LogP contribution in [-0.4, -0.2) is 91.2 Å². The second-order valence-electron chi connectivity index (χ2n) is 10.6. The van der Waals surface area contributed by atoms with Gasteiger partial charge in [0.1, 0.15) is 11.8 Å². The third-order valence-corrected chi connectivity index (χ3v) is 6.82. The zero-order chi connectivity index (χ0) is 24.3. The molecule has 188 valence electrons. The van der Waals surface area contributed by atoms with Gasteiger partial charge in [-0.15, -0.1) is 0 Å². The Labute approximate surface area is 202 Å². The summed E-state index contributed by atoms with van der Waals surface area (Å²) in [5.41, 5.74) is 1.54. The number of aliphatic hydroxyl groups excluding tert-OH is 1. The number of hydrogen-bond donors (Lipinski definition) is 2. The van der Waals surface area contributed by atoms with E-state index in [-0.39, 0.29) is 12.1 Å². The van der Waals surface area contributed by atoms with Crippen LogP contribution in [0.5, 0.6) is 0 Å². The molecule has 0 saturated carbocycles. The minimum absolute atomic E-state index is 0.194. The number of urea groups is 1. The van der Waals surface area contributed by atoms with Crippen LogP contribution in [0.2, 0.25) is 0 Å². The number of amides is 3. The molecule has 1 aromatic carbocycles. The first kappa shape index (κ1) is 24.6. The van der Waals surface area contributed by atoms with Crippen molar-refractivity contribution in [2.75, 3.05) is 62.2 Å². The Kier molecular flexibility index (Phi) is 7.52. The van der Waals surface area contributed by atoms with Crippen molar-refractivity contribution in [1.82, 2.24) is 15.1 Å². The minimum Gasteiger partial charge on any atom is -0.444 e. The molecule has 9 nitrogen and oxygen atoms in total. The zero-order valence-electron chi connectivity index (χ0n) is 20.7. The normalized spacial score (nSPS) is 23.1. The molecule has 3 aliphatic heterocycles. The molecule has 0 aromatic heterocycles. The predicted octanol–water partition coefficient (Wildman–Crippen LogP) is 2.69. The highest BCUT2D eigenvalue weighted by molar-refractivity contribution is 5.93. The number of piperazine rings is 1. The molecule has 1 atom stereocenters. The molecular formula is C25H39N5O4. The SMILES string of the molecule is CC(C)(C)OC(=O)N1CCC(CN2CCN(c3cccc(N4CCC(O)NC4=O)c3)CC2)CC1. The number of likely N-dealkylation sites (tertiary alicyclic amines) is 1. The van der Waals surface area contributed by atoms with E-state index in [2.05, 4.69) is 27.2 Å². The second kappa shape index (κ2) is 10.4. The van der Waals surface area contributed by atoms with Gasteiger partial charge in [-0.2, -0.15) is 0 Å². The lowest BCUT2D eigenvalue weighted by Crippen LogP contribution is -2.52. The fourth-order valence-corrected chi connectivity index (χ4v) is 4.93. The van der Waals surface area contributed by atoms with E-state index in [0.717, 1.165) is 70.0 Å². The highest BCUT2D eigenvalue weighted by Gasteiger charge is 2.29. The maximum atomic E-state index is 12.3. The smallest absolute Gasteiger partial charge is 0.410 e. The molecule has 34 heavy (non-hydrogen) atoms. The van der Waals surface area contributed by atoms with Gasteiger partial charge in [-0.1, -0.05) is 6.07 Å². The molecule has 0 spiro atoms. The molecule has 4 rings (SSSR count). The lowest BCUT2D eigenvalue weighted by molar-refractivity contribution is 0.0169. The molecule has 9 heteroatoms. The third kappa shape index (κ3) is 6.33. The van der Waals surface area contributed by atoms with E-state index in [1.807, 2.05) is 37.8 Å². The van der Waals surface area contributed by atoms with Crippen molar-refractivity contribution in [2.24, 2.45) is 5.92 Å². The summed E-state index contributed by atoms with van der Waals surface area (Å²) in [5, 5.41) is 12.2. The Morgan fingerprint density at radius 2 is 1.71 bits per heavy atom. The molecule has 0 radical (unpaired) electrons. The van der Waals surface area contributed by atoms with Crippen LogP contribution >= 0.6 is 0 Å². The molecule has 1 aromatic rings. The standard InChI is InChI=1S/C25H39N5O4/c1-25(2,3)34-24(33)29-10-7-19(8-11-29)18-27-13-15-28(16-14-27)20-5-4-6-21(17-20)30-12-9-22(31)26-23(30)32/h4-6,17,19,22,31H,7-16,18H2,1-3H3,(H,26,32). The molecule has 3 fully saturated rings. The molecule has 3 amide bonds. The van der Waals surface area contributed by atoms with Gasteiger partial charge in [0, 0.05) is 70.2 Å². The predicted molar refractivity (Wildman–Crippen MR) is 132 cm³/mol. The first-order chi connectivity index (χ1) is 16.2. The van der Waals surface area contributed by atoms with Gasteiger partial charge in [-0.25, -0.2) is 9.59 Å². The van der Waals surface area contributed by atoms with Crippen molar-refractivity contribution < 1.29 is 19.4 Å².